The van der Waals surface area contributed by atoms with Crippen molar-refractivity contribution in [1.29, 1.82) is 0 Å². The van der Waals surface area contributed by atoms with Gasteiger partial charge in [0, 0.05) is 31.1 Å². The van der Waals surface area contributed by atoms with Gasteiger partial charge in [0.25, 0.3) is 5.91 Å². The van der Waals surface area contributed by atoms with Gasteiger partial charge in [-0.3, -0.25) is 4.79 Å². The fourth-order valence-electron chi connectivity index (χ4n) is 3.83. The molecule has 5 nitrogen and oxygen atoms in total. The van der Waals surface area contributed by atoms with Crippen LogP contribution in [-0.4, -0.2) is 27.1 Å². The predicted molar refractivity (Wildman–Crippen MR) is 105 cm³/mol. The van der Waals surface area contributed by atoms with Crippen LogP contribution >= 0.6 is 0 Å². The molecule has 1 aromatic carbocycles. The summed E-state index contributed by atoms with van der Waals surface area (Å²) >= 11 is 0. The molecule has 0 radical (unpaired) electrons. The van der Waals surface area contributed by atoms with Gasteiger partial charge in [0.2, 0.25) is 0 Å². The number of carbonyl (C=O) groups is 1. The van der Waals surface area contributed by atoms with Gasteiger partial charge in [0.05, 0.1) is 11.3 Å². The van der Waals surface area contributed by atoms with Crippen molar-refractivity contribution >= 4 is 11.5 Å². The number of nitrogens with zero attached hydrogens (tertiary/aromatic N) is 4. The Balaban J connectivity index is 1.71. The monoisotopic (exact) mass is 362 g/mol. The first-order valence-corrected chi connectivity index (χ1v) is 9.72. The van der Waals surface area contributed by atoms with Gasteiger partial charge in [0.15, 0.2) is 5.49 Å². The number of carbonyl (C=O) groups excluding carboxylic acids is 1. The first kappa shape index (κ1) is 17.7. The Hall–Kier alpha value is -2.69. The van der Waals surface area contributed by atoms with E-state index in [1.165, 1.54) is 5.56 Å². The quantitative estimate of drug-likeness (QED) is 0.820. The van der Waals surface area contributed by atoms with Crippen LogP contribution in [0.3, 0.4) is 0 Å². The molecule has 0 fully saturated rings. The lowest BCUT2D eigenvalue weighted by atomic mass is 9.95. The molecule has 140 valence electrons. The van der Waals surface area contributed by atoms with Gasteiger partial charge >= 0.3 is 0 Å². The van der Waals surface area contributed by atoms with Crippen LogP contribution in [0.2, 0.25) is 0 Å². The molecule has 2 aliphatic heterocycles. The van der Waals surface area contributed by atoms with Gasteiger partial charge in [0.1, 0.15) is 0 Å². The van der Waals surface area contributed by atoms with E-state index in [0.717, 1.165) is 60.0 Å². The summed E-state index contributed by atoms with van der Waals surface area (Å²) in [4.78, 5) is 19.4. The van der Waals surface area contributed by atoms with Crippen molar-refractivity contribution in [2.75, 3.05) is 6.54 Å². The Kier molecular flexibility index (Phi) is 4.68. The van der Waals surface area contributed by atoms with Crippen LogP contribution in [0.5, 0.6) is 0 Å². The van der Waals surface area contributed by atoms with E-state index >= 15 is 0 Å². The fourth-order valence-corrected chi connectivity index (χ4v) is 3.83. The lowest BCUT2D eigenvalue weighted by molar-refractivity contribution is -0.114. The third-order valence-electron chi connectivity index (χ3n) is 5.27. The Morgan fingerprint density at radius 2 is 1.96 bits per heavy atom. The summed E-state index contributed by atoms with van der Waals surface area (Å²) in [6.45, 7) is 8.93. The summed E-state index contributed by atoms with van der Waals surface area (Å²) in [7, 11) is 0. The third kappa shape index (κ3) is 3.46. The summed E-state index contributed by atoms with van der Waals surface area (Å²) in [5.74, 6) is 0.453. The number of benzene rings is 1. The molecule has 0 unspecified atom stereocenters. The Labute approximate surface area is 159 Å². The number of aromatic nitrogens is 2. The second-order valence-corrected chi connectivity index (χ2v) is 7.83. The highest BCUT2D eigenvalue weighted by atomic mass is 16.1. The molecular formula is C22H26N4O. The highest BCUT2D eigenvalue weighted by molar-refractivity contribution is 6.07. The maximum absolute atomic E-state index is 12.8. The van der Waals surface area contributed by atoms with Crippen molar-refractivity contribution in [2.45, 2.75) is 46.7 Å². The minimum Gasteiger partial charge on any atom is -0.372 e. The van der Waals surface area contributed by atoms with Gasteiger partial charge < -0.3 is 4.90 Å². The molecule has 0 bridgehead atoms. The zero-order chi connectivity index (χ0) is 19.0. The zero-order valence-corrected chi connectivity index (χ0v) is 16.3. The second-order valence-electron chi connectivity index (χ2n) is 7.83. The van der Waals surface area contributed by atoms with E-state index in [4.69, 9.17) is 0 Å². The summed E-state index contributed by atoms with van der Waals surface area (Å²) in [6.07, 6.45) is 3.87. The summed E-state index contributed by atoms with van der Waals surface area (Å²) in [5.41, 5.74) is 4.82. The van der Waals surface area contributed by atoms with Gasteiger partial charge in [-0.1, -0.05) is 44.2 Å². The molecule has 0 saturated heterocycles. The largest absolute Gasteiger partial charge is 0.372 e. The van der Waals surface area contributed by atoms with Gasteiger partial charge in [-0.2, -0.15) is 10.1 Å². The van der Waals surface area contributed by atoms with Crippen molar-refractivity contribution in [3.8, 4) is 0 Å². The number of fused-ring (bicyclic) bond motifs is 2. The lowest BCUT2D eigenvalue weighted by Crippen LogP contribution is -2.40. The molecule has 2 aromatic rings. The molecule has 0 aliphatic carbocycles. The second kappa shape index (κ2) is 7.14. The SMILES string of the molecule is Cc1nn(CCC(C)C)c2c1=C1CCN(Cc3ccccc3)C=C1C(=O)N=2. The highest BCUT2D eigenvalue weighted by Gasteiger charge is 2.27. The van der Waals surface area contributed by atoms with E-state index in [1.54, 1.807) is 0 Å². The van der Waals surface area contributed by atoms with Crippen LogP contribution < -0.4 is 10.7 Å². The predicted octanol–water partition coefficient (Wildman–Crippen LogP) is 2.34. The van der Waals surface area contributed by atoms with Gasteiger partial charge in [-0.05, 0) is 36.8 Å². The molecule has 2 aliphatic rings. The number of amides is 1. The maximum atomic E-state index is 12.8. The number of aryl methyl sites for hydroxylation is 2. The molecule has 1 aromatic heterocycles. The van der Waals surface area contributed by atoms with Crippen LogP contribution in [0.25, 0.3) is 5.57 Å². The third-order valence-corrected chi connectivity index (χ3v) is 5.27. The van der Waals surface area contributed by atoms with Crippen molar-refractivity contribution in [3.05, 3.63) is 64.1 Å². The van der Waals surface area contributed by atoms with E-state index in [0.29, 0.717) is 5.92 Å². The highest BCUT2D eigenvalue weighted by Crippen LogP contribution is 2.25. The molecule has 0 atom stereocenters. The first-order chi connectivity index (χ1) is 13.0. The standard InChI is InChI=1S/C22H26N4O/c1-15(2)9-12-26-21-20(16(3)24-26)18-10-11-25(14-19(18)22(27)23-21)13-17-7-5-4-6-8-17/h4-8,14-15H,9-13H2,1-3H3. The van der Waals surface area contributed by atoms with Crippen LogP contribution in [0, 0.1) is 12.8 Å². The van der Waals surface area contributed by atoms with E-state index < -0.39 is 0 Å². The molecule has 0 N–H and O–H groups in total. The molecule has 4 rings (SSSR count). The summed E-state index contributed by atoms with van der Waals surface area (Å²) < 4.78 is 1.92. The van der Waals surface area contributed by atoms with Crippen LogP contribution in [0.4, 0.5) is 0 Å². The Morgan fingerprint density at radius 3 is 2.70 bits per heavy atom. The Morgan fingerprint density at radius 1 is 1.19 bits per heavy atom. The number of hydrogen-bond acceptors (Lipinski definition) is 3. The average Bonchev–Trinajstić information content (AvgIpc) is 2.97. The molecule has 3 heterocycles. The van der Waals surface area contributed by atoms with Crippen molar-refractivity contribution in [2.24, 2.45) is 10.9 Å². The zero-order valence-electron chi connectivity index (χ0n) is 16.3. The van der Waals surface area contributed by atoms with Gasteiger partial charge in [-0.25, -0.2) is 4.68 Å². The minimum atomic E-state index is -0.138. The number of hydrogen-bond donors (Lipinski definition) is 0. The lowest BCUT2D eigenvalue weighted by Gasteiger charge is -2.28. The summed E-state index contributed by atoms with van der Waals surface area (Å²) in [5, 5.41) is 5.76. The average molecular weight is 362 g/mol. The van der Waals surface area contributed by atoms with Crippen molar-refractivity contribution in [1.82, 2.24) is 14.7 Å². The fraction of sp³-hybridized carbons (Fsp3) is 0.409. The molecule has 0 spiro atoms. The van der Waals surface area contributed by atoms with Gasteiger partial charge in [-0.15, -0.1) is 0 Å². The topological polar surface area (TPSA) is 50.5 Å². The molecule has 1 amide bonds. The van der Waals surface area contributed by atoms with Crippen molar-refractivity contribution < 1.29 is 4.79 Å². The van der Waals surface area contributed by atoms with Crippen LogP contribution in [-0.2, 0) is 17.9 Å². The minimum absolute atomic E-state index is 0.138. The first-order valence-electron chi connectivity index (χ1n) is 9.72. The van der Waals surface area contributed by atoms with E-state index in [9.17, 15) is 4.79 Å². The van der Waals surface area contributed by atoms with E-state index in [-0.39, 0.29) is 5.91 Å². The molecule has 27 heavy (non-hydrogen) atoms. The normalized spacial score (nSPS) is 16.1. The summed E-state index contributed by atoms with van der Waals surface area (Å²) in [6, 6.07) is 10.4. The molecular weight excluding hydrogens is 336 g/mol. The Bertz CT molecular complexity index is 1010. The number of rotatable bonds is 5. The maximum Gasteiger partial charge on any atom is 0.280 e. The van der Waals surface area contributed by atoms with E-state index in [2.05, 4.69) is 41.0 Å². The van der Waals surface area contributed by atoms with E-state index in [1.807, 2.05) is 36.0 Å². The molecule has 0 saturated carbocycles. The van der Waals surface area contributed by atoms with Crippen molar-refractivity contribution in [3.63, 3.8) is 0 Å². The van der Waals surface area contributed by atoms with Crippen LogP contribution in [0.15, 0.2) is 47.1 Å². The molecule has 5 heteroatoms. The smallest absolute Gasteiger partial charge is 0.280 e. The van der Waals surface area contributed by atoms with Crippen LogP contribution in [0.1, 0.15) is 37.9 Å².